The van der Waals surface area contributed by atoms with Crippen molar-refractivity contribution in [2.45, 2.75) is 52.4 Å². The molecule has 0 unspecified atom stereocenters. The van der Waals surface area contributed by atoms with Crippen molar-refractivity contribution in [3.8, 4) is 40.2 Å². The van der Waals surface area contributed by atoms with Crippen LogP contribution in [0.5, 0.6) is 40.2 Å². The fraction of sp³-hybridized carbons (Fsp3) is 0.500. The average Bonchev–Trinajstić information content (AvgIpc) is 3.40. The van der Waals surface area contributed by atoms with E-state index in [1.807, 2.05) is 25.1 Å². The number of rotatable bonds is 38. The normalized spacial score (nSPS) is 10.9. The Morgan fingerprint density at radius 2 is 0.811 bits per heavy atom. The van der Waals surface area contributed by atoms with Crippen LogP contribution < -0.4 is 54.8 Å². The van der Waals surface area contributed by atoms with E-state index in [0.717, 1.165) is 24.8 Å². The van der Waals surface area contributed by atoms with Crippen LogP contribution >= 0.6 is 0 Å². The molecule has 408 valence electrons. The van der Waals surface area contributed by atoms with Gasteiger partial charge < -0.3 is 83.3 Å². The van der Waals surface area contributed by atoms with Gasteiger partial charge in [-0.05, 0) is 49.2 Å². The van der Waals surface area contributed by atoms with E-state index in [4.69, 9.17) is 67.3 Å². The minimum absolute atomic E-state index is 0.00218. The van der Waals surface area contributed by atoms with Crippen LogP contribution in [0, 0.1) is 6.92 Å². The Morgan fingerprint density at radius 3 is 1.34 bits per heavy atom. The quantitative estimate of drug-likeness (QED) is 0.0244. The van der Waals surface area contributed by atoms with E-state index in [0.29, 0.717) is 70.0 Å². The van der Waals surface area contributed by atoms with Crippen LogP contribution in [0.4, 0.5) is 22.7 Å². The van der Waals surface area contributed by atoms with Crippen LogP contribution in [-0.4, -0.2) is 146 Å². The molecule has 0 aromatic heterocycles. The summed E-state index contributed by atoms with van der Waals surface area (Å²) in [5, 5.41) is 8.72. The lowest BCUT2D eigenvalue weighted by Gasteiger charge is -2.20. The molecule has 3 amide bonds. The second-order valence-electron chi connectivity index (χ2n) is 16.5. The maximum absolute atomic E-state index is 14.7. The minimum atomic E-state index is -0.712. The predicted molar refractivity (Wildman–Crippen MR) is 282 cm³/mol. The Labute approximate surface area is 435 Å². The first-order valence-corrected chi connectivity index (χ1v) is 24.7. The lowest BCUT2D eigenvalue weighted by Crippen LogP contribution is -2.20. The summed E-state index contributed by atoms with van der Waals surface area (Å²) in [5.41, 5.74) is 8.08. The van der Waals surface area contributed by atoms with E-state index < -0.39 is 17.7 Å². The van der Waals surface area contributed by atoms with Gasteiger partial charge in [0.25, 0.3) is 17.7 Å². The molecule has 0 saturated heterocycles. The van der Waals surface area contributed by atoms with Crippen molar-refractivity contribution in [3.05, 3.63) is 76.9 Å². The van der Waals surface area contributed by atoms with Crippen LogP contribution in [0.2, 0.25) is 0 Å². The molecule has 5 N–H and O–H groups in total. The lowest BCUT2D eigenvalue weighted by atomic mass is 10.1. The topological polar surface area (TPSA) is 233 Å². The highest BCUT2D eigenvalue weighted by Crippen LogP contribution is 2.39. The van der Waals surface area contributed by atoms with Gasteiger partial charge in [-0.15, -0.1) is 0 Å². The molecule has 4 rings (SSSR count). The highest BCUT2D eigenvalue weighted by molar-refractivity contribution is 6.12. The number of nitrogen functional groups attached to an aromatic ring is 1. The van der Waals surface area contributed by atoms with Crippen LogP contribution in [0.25, 0.3) is 0 Å². The second-order valence-corrected chi connectivity index (χ2v) is 16.5. The van der Waals surface area contributed by atoms with Crippen LogP contribution in [-0.2, 0) is 28.4 Å². The van der Waals surface area contributed by atoms with Crippen molar-refractivity contribution >= 4 is 40.5 Å². The van der Waals surface area contributed by atoms with Gasteiger partial charge in [0, 0.05) is 32.4 Å². The van der Waals surface area contributed by atoms with Gasteiger partial charge in [-0.3, -0.25) is 14.4 Å². The maximum Gasteiger partial charge on any atom is 0.259 e. The number of amides is 3. The van der Waals surface area contributed by atoms with E-state index in [1.165, 1.54) is 84.1 Å². The van der Waals surface area contributed by atoms with Crippen LogP contribution in [0.15, 0.2) is 54.6 Å². The third kappa shape index (κ3) is 19.7. The molecule has 20 heteroatoms. The van der Waals surface area contributed by atoms with Gasteiger partial charge in [0.1, 0.15) is 53.5 Å². The van der Waals surface area contributed by atoms with Crippen LogP contribution in [0.3, 0.4) is 0 Å². The smallest absolute Gasteiger partial charge is 0.259 e. The summed E-state index contributed by atoms with van der Waals surface area (Å²) in [6, 6.07) is 14.3. The van der Waals surface area contributed by atoms with E-state index in [-0.39, 0.29) is 95.5 Å². The number of ether oxygens (including phenoxy) is 13. The Kier molecular flexibility index (Phi) is 27.6. The van der Waals surface area contributed by atoms with E-state index >= 15 is 0 Å². The summed E-state index contributed by atoms with van der Waals surface area (Å²) in [5.74, 6) is -0.356. The molecular weight excluding hydrogens is 961 g/mol. The van der Waals surface area contributed by atoms with Gasteiger partial charge in [-0.25, -0.2) is 0 Å². The monoisotopic (exact) mass is 1040 g/mol. The van der Waals surface area contributed by atoms with Gasteiger partial charge in [-0.1, -0.05) is 45.1 Å². The van der Waals surface area contributed by atoms with E-state index in [1.54, 1.807) is 14.2 Å². The van der Waals surface area contributed by atoms with Gasteiger partial charge in [-0.2, -0.15) is 0 Å². The van der Waals surface area contributed by atoms with Gasteiger partial charge >= 0.3 is 0 Å². The van der Waals surface area contributed by atoms with Gasteiger partial charge in [0.05, 0.1) is 141 Å². The zero-order valence-electron chi connectivity index (χ0n) is 44.2. The molecule has 0 heterocycles. The molecule has 0 aliphatic heterocycles. The largest absolute Gasteiger partial charge is 0.496 e. The van der Waals surface area contributed by atoms with Crippen molar-refractivity contribution < 1.29 is 76.0 Å². The number of hydrogen-bond acceptors (Lipinski definition) is 17. The molecule has 0 atom stereocenters. The van der Waals surface area contributed by atoms with E-state index in [9.17, 15) is 14.4 Å². The summed E-state index contributed by atoms with van der Waals surface area (Å²) < 4.78 is 73.3. The SMILES string of the molecule is CCCCCCCCOc1ccc(C)cc1NC(=O)c1cc(NC(=O)c2cc(NC(=O)c3cc(N)c(OC)cc3OC)c(OCCOCCOCCOC)cc2OCCOCCOCCOC)c(OC)cc1OC. The average molecular weight is 1040 g/mol. The molecule has 0 spiro atoms. The first kappa shape index (κ1) is 60.0. The number of methoxy groups -OCH3 is 6. The molecule has 0 saturated carbocycles. The highest BCUT2D eigenvalue weighted by Gasteiger charge is 2.25. The molecular formula is C54H76N4O16. The zero-order valence-corrected chi connectivity index (χ0v) is 44.2. The number of nitrogens with two attached hydrogens (primary N) is 1. The second kappa shape index (κ2) is 34.0. The number of nitrogens with one attached hydrogen (secondary N) is 3. The molecule has 0 bridgehead atoms. The summed E-state index contributed by atoms with van der Waals surface area (Å²) in [4.78, 5) is 43.1. The number of unbranched alkanes of at least 4 members (excludes halogenated alkanes) is 5. The Bertz CT molecular complexity index is 2350. The van der Waals surface area contributed by atoms with Crippen molar-refractivity contribution in [1.29, 1.82) is 0 Å². The number of aryl methyl sites for hydroxylation is 1. The number of carbonyl (C=O) groups excluding carboxylic acids is 3. The molecule has 0 radical (unpaired) electrons. The first-order chi connectivity index (χ1) is 36.0. The van der Waals surface area contributed by atoms with Crippen molar-refractivity contribution in [1.82, 2.24) is 0 Å². The standard InChI is InChI=1S/C54H76N4O16/c1-9-10-11-12-13-14-17-72-45-16-15-37(2)30-42(45)56-53(60)39-32-43(50(67-8)35-47(39)65-6)57-54(61)40-33-44(58-52(59)38-31-41(55)49(66-7)34-46(38)64-5)51(74-29-27-71-25-23-69-21-19-63-4)36-48(40)73-28-26-70-24-22-68-20-18-62-3/h15-16,30-36H,9-14,17-29,55H2,1-8H3,(H,56,60)(H,57,61)(H,58,59). The lowest BCUT2D eigenvalue weighted by molar-refractivity contribution is 0.0174. The fourth-order valence-corrected chi connectivity index (χ4v) is 7.20. The highest BCUT2D eigenvalue weighted by atomic mass is 16.6. The third-order valence-electron chi connectivity index (χ3n) is 11.1. The minimum Gasteiger partial charge on any atom is -0.496 e. The summed E-state index contributed by atoms with van der Waals surface area (Å²) >= 11 is 0. The third-order valence-corrected chi connectivity index (χ3v) is 11.1. The first-order valence-electron chi connectivity index (χ1n) is 24.7. The number of hydrogen-bond donors (Lipinski definition) is 4. The molecule has 0 aliphatic rings. The van der Waals surface area contributed by atoms with E-state index in [2.05, 4.69) is 22.9 Å². The zero-order chi connectivity index (χ0) is 53.5. The Hall–Kier alpha value is -6.55. The molecule has 4 aromatic rings. The molecule has 4 aromatic carbocycles. The Morgan fingerprint density at radius 1 is 0.405 bits per heavy atom. The van der Waals surface area contributed by atoms with Crippen molar-refractivity contribution in [3.63, 3.8) is 0 Å². The van der Waals surface area contributed by atoms with Crippen LogP contribution in [0.1, 0.15) is 82.1 Å². The van der Waals surface area contributed by atoms with Gasteiger partial charge in [0.2, 0.25) is 0 Å². The number of carbonyl (C=O) groups is 3. The molecule has 74 heavy (non-hydrogen) atoms. The number of anilines is 4. The predicted octanol–water partition coefficient (Wildman–Crippen LogP) is 8.22. The summed E-state index contributed by atoms with van der Waals surface area (Å²) in [6.07, 6.45) is 6.63. The van der Waals surface area contributed by atoms with Gasteiger partial charge in [0.15, 0.2) is 0 Å². The molecule has 20 nitrogen and oxygen atoms in total. The van der Waals surface area contributed by atoms with Crippen molar-refractivity contribution in [2.24, 2.45) is 0 Å². The molecule has 0 fully saturated rings. The van der Waals surface area contributed by atoms with Crippen molar-refractivity contribution in [2.75, 3.05) is 150 Å². The summed E-state index contributed by atoms with van der Waals surface area (Å²) in [6.45, 7) is 7.88. The molecule has 0 aliphatic carbocycles. The fourth-order valence-electron chi connectivity index (χ4n) is 7.20. The number of benzene rings is 4. The Balaban J connectivity index is 1.70. The summed E-state index contributed by atoms with van der Waals surface area (Å²) in [7, 11) is 8.87. The maximum atomic E-state index is 14.7.